The number of anilines is 1. The van der Waals surface area contributed by atoms with Gasteiger partial charge in [-0.25, -0.2) is 4.98 Å². The molecule has 1 aromatic heterocycles. The summed E-state index contributed by atoms with van der Waals surface area (Å²) in [6.07, 6.45) is 5.33. The Kier molecular flexibility index (Phi) is 7.48. The highest BCUT2D eigenvalue weighted by atomic mass is 79.9. The fourth-order valence-electron chi connectivity index (χ4n) is 2.43. The fraction of sp³-hybridized carbons (Fsp3) is 0.263. The average molecular weight is 439 g/mol. The van der Waals surface area contributed by atoms with Gasteiger partial charge in [0, 0.05) is 28.7 Å². The standard InChI is InChI=1S/C17H15BrClN3O2.C2H6/c18-12-5-11-6-13(24-17(11)14(19)7-12)9-22-16(23)4-2-10-1-3-15(20)21-8-10;1-2/h1-5,7-8,13H,6,9H2,(H2,20,21)(H,22,23);1-2H3/b4-2+;. The van der Waals surface area contributed by atoms with Crippen molar-refractivity contribution in [3.63, 3.8) is 0 Å². The van der Waals surface area contributed by atoms with Crippen LogP contribution in [0.2, 0.25) is 5.02 Å². The smallest absolute Gasteiger partial charge is 0.244 e. The maximum absolute atomic E-state index is 11.9. The van der Waals surface area contributed by atoms with Crippen LogP contribution in [0.25, 0.3) is 6.08 Å². The lowest BCUT2D eigenvalue weighted by Crippen LogP contribution is -2.33. The molecule has 1 aliphatic heterocycles. The number of hydrogen-bond donors (Lipinski definition) is 2. The Hall–Kier alpha value is -2.05. The summed E-state index contributed by atoms with van der Waals surface area (Å²) in [5, 5.41) is 3.40. The number of rotatable bonds is 4. The molecule has 1 atom stereocenters. The number of nitrogen functional groups attached to an aromatic ring is 1. The van der Waals surface area contributed by atoms with Crippen LogP contribution in [0.5, 0.6) is 5.75 Å². The third kappa shape index (κ3) is 5.47. The summed E-state index contributed by atoms with van der Waals surface area (Å²) in [5.74, 6) is 0.945. The quantitative estimate of drug-likeness (QED) is 0.700. The van der Waals surface area contributed by atoms with Crippen LogP contribution in [0.1, 0.15) is 25.0 Å². The van der Waals surface area contributed by atoms with E-state index in [0.717, 1.165) is 15.6 Å². The third-order valence-electron chi connectivity index (χ3n) is 3.56. The molecule has 1 aliphatic rings. The Labute approximate surface area is 166 Å². The average Bonchev–Trinajstić information content (AvgIpc) is 3.04. The minimum atomic E-state index is -0.196. The van der Waals surface area contributed by atoms with Gasteiger partial charge < -0.3 is 15.8 Å². The first-order valence-electron chi connectivity index (χ1n) is 8.33. The predicted octanol–water partition coefficient (Wildman–Crippen LogP) is 4.24. The lowest BCUT2D eigenvalue weighted by atomic mass is 10.1. The summed E-state index contributed by atoms with van der Waals surface area (Å²) in [5.41, 5.74) is 7.36. The minimum Gasteiger partial charge on any atom is -0.486 e. The molecule has 1 aromatic carbocycles. The molecule has 138 valence electrons. The van der Waals surface area contributed by atoms with E-state index >= 15 is 0 Å². The molecule has 0 saturated heterocycles. The highest BCUT2D eigenvalue weighted by Gasteiger charge is 2.25. The molecular weight excluding hydrogens is 418 g/mol. The molecule has 1 amide bonds. The van der Waals surface area contributed by atoms with Gasteiger partial charge in [-0.3, -0.25) is 4.79 Å². The summed E-state index contributed by atoms with van der Waals surface area (Å²) in [6, 6.07) is 7.26. The zero-order valence-corrected chi connectivity index (χ0v) is 17.0. The van der Waals surface area contributed by atoms with E-state index in [4.69, 9.17) is 22.1 Å². The van der Waals surface area contributed by atoms with Crippen LogP contribution in [-0.4, -0.2) is 23.5 Å². The molecule has 0 saturated carbocycles. The molecule has 0 fully saturated rings. The van der Waals surface area contributed by atoms with Crippen molar-refractivity contribution in [2.45, 2.75) is 26.4 Å². The molecule has 0 aliphatic carbocycles. The molecular formula is C19H21BrClN3O2. The van der Waals surface area contributed by atoms with Crippen LogP contribution in [0.4, 0.5) is 5.82 Å². The predicted molar refractivity (Wildman–Crippen MR) is 109 cm³/mol. The van der Waals surface area contributed by atoms with Crippen molar-refractivity contribution in [2.24, 2.45) is 0 Å². The lowest BCUT2D eigenvalue weighted by molar-refractivity contribution is -0.116. The van der Waals surface area contributed by atoms with Gasteiger partial charge in [0.15, 0.2) is 0 Å². The van der Waals surface area contributed by atoms with Crippen molar-refractivity contribution in [2.75, 3.05) is 12.3 Å². The molecule has 1 unspecified atom stereocenters. The lowest BCUT2D eigenvalue weighted by Gasteiger charge is -2.11. The van der Waals surface area contributed by atoms with Gasteiger partial charge >= 0.3 is 0 Å². The molecule has 7 heteroatoms. The van der Waals surface area contributed by atoms with Gasteiger partial charge in [0.05, 0.1) is 11.6 Å². The summed E-state index contributed by atoms with van der Waals surface area (Å²) in [6.45, 7) is 4.41. The maximum atomic E-state index is 11.9. The Morgan fingerprint density at radius 3 is 2.92 bits per heavy atom. The number of pyridine rings is 1. The highest BCUT2D eigenvalue weighted by molar-refractivity contribution is 9.10. The van der Waals surface area contributed by atoms with E-state index in [9.17, 15) is 4.79 Å². The normalized spacial score (nSPS) is 15.0. The zero-order valence-electron chi connectivity index (χ0n) is 14.6. The largest absolute Gasteiger partial charge is 0.486 e. The second kappa shape index (κ2) is 9.59. The van der Waals surface area contributed by atoms with Gasteiger partial charge in [-0.15, -0.1) is 0 Å². The second-order valence-corrected chi connectivity index (χ2v) is 6.74. The van der Waals surface area contributed by atoms with Gasteiger partial charge in [-0.1, -0.05) is 41.4 Å². The second-order valence-electron chi connectivity index (χ2n) is 5.41. The van der Waals surface area contributed by atoms with Crippen molar-refractivity contribution in [3.8, 4) is 5.75 Å². The third-order valence-corrected chi connectivity index (χ3v) is 4.30. The van der Waals surface area contributed by atoms with Crippen molar-refractivity contribution < 1.29 is 9.53 Å². The van der Waals surface area contributed by atoms with Gasteiger partial charge in [-0.2, -0.15) is 0 Å². The topological polar surface area (TPSA) is 77.2 Å². The molecule has 0 radical (unpaired) electrons. The Balaban J connectivity index is 0.00000117. The number of carbonyl (C=O) groups excluding carboxylic acids is 1. The highest BCUT2D eigenvalue weighted by Crippen LogP contribution is 2.38. The van der Waals surface area contributed by atoms with Gasteiger partial charge in [-0.05, 0) is 35.9 Å². The van der Waals surface area contributed by atoms with Crippen LogP contribution in [-0.2, 0) is 11.2 Å². The van der Waals surface area contributed by atoms with Crippen LogP contribution in [0, 0.1) is 0 Å². The molecule has 3 rings (SSSR count). The Bertz CT molecular complexity index is 794. The van der Waals surface area contributed by atoms with Crippen LogP contribution < -0.4 is 15.8 Å². The maximum Gasteiger partial charge on any atom is 0.244 e. The molecule has 5 nitrogen and oxygen atoms in total. The van der Waals surface area contributed by atoms with Crippen LogP contribution in [0.3, 0.4) is 0 Å². The van der Waals surface area contributed by atoms with Crippen molar-refractivity contribution in [1.29, 1.82) is 0 Å². The summed E-state index contributed by atoms with van der Waals surface area (Å²) in [4.78, 5) is 15.9. The van der Waals surface area contributed by atoms with E-state index in [2.05, 4.69) is 26.2 Å². The number of fused-ring (bicyclic) bond motifs is 1. The first-order chi connectivity index (χ1) is 12.5. The van der Waals surface area contributed by atoms with Gasteiger partial charge in [0.2, 0.25) is 5.91 Å². The van der Waals surface area contributed by atoms with Gasteiger partial charge in [0.25, 0.3) is 0 Å². The van der Waals surface area contributed by atoms with E-state index < -0.39 is 0 Å². The zero-order chi connectivity index (χ0) is 19.1. The molecule has 2 heterocycles. The van der Waals surface area contributed by atoms with Crippen molar-refractivity contribution in [3.05, 3.63) is 57.2 Å². The number of nitrogens with zero attached hydrogens (tertiary/aromatic N) is 1. The SMILES string of the molecule is CC.Nc1ccc(/C=C/C(=O)NCC2Cc3cc(Br)cc(Cl)c3O2)cn1. The van der Waals surface area contributed by atoms with Crippen LogP contribution in [0.15, 0.2) is 41.0 Å². The summed E-state index contributed by atoms with van der Waals surface area (Å²) in [7, 11) is 0. The van der Waals surface area contributed by atoms with Gasteiger partial charge in [0.1, 0.15) is 17.7 Å². The summed E-state index contributed by atoms with van der Waals surface area (Å²) >= 11 is 9.58. The Morgan fingerprint density at radius 1 is 1.46 bits per heavy atom. The molecule has 26 heavy (non-hydrogen) atoms. The van der Waals surface area contributed by atoms with Crippen LogP contribution >= 0.6 is 27.5 Å². The number of amides is 1. The van der Waals surface area contributed by atoms with E-state index in [0.29, 0.717) is 29.6 Å². The molecule has 0 spiro atoms. The minimum absolute atomic E-state index is 0.123. The Morgan fingerprint density at radius 2 is 2.23 bits per heavy atom. The number of ether oxygens (including phenoxy) is 1. The first kappa shape index (κ1) is 20.3. The number of nitrogens with two attached hydrogens (primary N) is 1. The fourth-order valence-corrected chi connectivity index (χ4v) is 3.35. The first-order valence-corrected chi connectivity index (χ1v) is 9.50. The van der Waals surface area contributed by atoms with E-state index in [1.165, 1.54) is 6.08 Å². The van der Waals surface area contributed by atoms with E-state index in [1.807, 2.05) is 19.9 Å². The molecule has 0 bridgehead atoms. The number of halogens is 2. The van der Waals surface area contributed by atoms with E-state index in [-0.39, 0.29) is 12.0 Å². The molecule has 3 N–H and O–H groups in total. The number of aromatic nitrogens is 1. The number of benzene rings is 1. The summed E-state index contributed by atoms with van der Waals surface area (Å²) < 4.78 is 6.72. The van der Waals surface area contributed by atoms with E-state index in [1.54, 1.807) is 30.5 Å². The molecule has 2 aromatic rings. The van der Waals surface area contributed by atoms with Crippen molar-refractivity contribution in [1.82, 2.24) is 10.3 Å². The number of carbonyl (C=O) groups is 1. The number of nitrogens with one attached hydrogen (secondary N) is 1. The van der Waals surface area contributed by atoms with Crippen molar-refractivity contribution >= 4 is 45.3 Å². The monoisotopic (exact) mass is 437 g/mol. The number of hydrogen-bond acceptors (Lipinski definition) is 4.